The van der Waals surface area contributed by atoms with E-state index in [4.69, 9.17) is 0 Å². The van der Waals surface area contributed by atoms with E-state index in [9.17, 15) is 0 Å². The minimum absolute atomic E-state index is 1.08. The summed E-state index contributed by atoms with van der Waals surface area (Å²) >= 11 is 1.85. The zero-order valence-corrected chi connectivity index (χ0v) is 35.7. The molecule has 1 heterocycles. The van der Waals surface area contributed by atoms with Crippen LogP contribution in [0.5, 0.6) is 0 Å². The molecule has 302 valence electrons. The van der Waals surface area contributed by atoms with Crippen molar-refractivity contribution in [1.82, 2.24) is 0 Å². The van der Waals surface area contributed by atoms with Gasteiger partial charge >= 0.3 is 0 Å². The molecule has 0 N–H and O–H groups in total. The van der Waals surface area contributed by atoms with Crippen molar-refractivity contribution in [1.29, 1.82) is 0 Å². The summed E-state index contributed by atoms with van der Waals surface area (Å²) in [6, 6.07) is 90.2. The van der Waals surface area contributed by atoms with E-state index in [1.807, 2.05) is 11.3 Å². The first-order valence-electron chi connectivity index (χ1n) is 21.7. The van der Waals surface area contributed by atoms with E-state index in [1.165, 1.54) is 52.5 Å². The van der Waals surface area contributed by atoms with Gasteiger partial charge in [-0.1, -0.05) is 133 Å². The third kappa shape index (κ3) is 6.87. The molecule has 64 heavy (non-hydrogen) atoms. The van der Waals surface area contributed by atoms with E-state index in [0.29, 0.717) is 0 Å². The number of hydrogen-bond acceptors (Lipinski definition) is 4. The lowest BCUT2D eigenvalue weighted by Gasteiger charge is -2.28. The summed E-state index contributed by atoms with van der Waals surface area (Å²) in [5.74, 6) is 0. The van der Waals surface area contributed by atoms with Gasteiger partial charge in [-0.3, -0.25) is 0 Å². The van der Waals surface area contributed by atoms with Gasteiger partial charge in [0.1, 0.15) is 0 Å². The molecule has 0 aliphatic heterocycles. The predicted octanol–water partition coefficient (Wildman–Crippen LogP) is 17.9. The normalized spacial score (nSPS) is 11.4. The number of hydrogen-bond donors (Lipinski definition) is 0. The molecule has 0 spiro atoms. The van der Waals surface area contributed by atoms with Gasteiger partial charge in [0, 0.05) is 71.4 Å². The van der Waals surface area contributed by atoms with Crippen LogP contribution in [0.1, 0.15) is 0 Å². The number of fused-ring (bicyclic) bond motifs is 6. The molecular formula is C60H41N3S. The largest absolute Gasteiger partial charge is 0.310 e. The Morgan fingerprint density at radius 2 is 0.531 bits per heavy atom. The van der Waals surface area contributed by atoms with E-state index in [2.05, 4.69) is 263 Å². The Balaban J connectivity index is 0.964. The molecule has 0 amide bonds. The summed E-state index contributed by atoms with van der Waals surface area (Å²) in [6.45, 7) is 0. The Hall–Kier alpha value is -8.18. The first-order chi connectivity index (χ1) is 31.7. The van der Waals surface area contributed by atoms with Crippen molar-refractivity contribution in [2.45, 2.75) is 0 Å². The minimum Gasteiger partial charge on any atom is -0.310 e. The molecule has 12 rings (SSSR count). The molecule has 0 unspecified atom stereocenters. The molecule has 0 saturated heterocycles. The lowest BCUT2D eigenvalue weighted by molar-refractivity contribution is 1.26. The van der Waals surface area contributed by atoms with Crippen LogP contribution in [0.25, 0.3) is 52.5 Å². The minimum atomic E-state index is 1.08. The highest BCUT2D eigenvalue weighted by Crippen LogP contribution is 2.45. The van der Waals surface area contributed by atoms with Gasteiger partial charge < -0.3 is 14.7 Å². The van der Waals surface area contributed by atoms with Crippen molar-refractivity contribution in [3.8, 4) is 0 Å². The van der Waals surface area contributed by atoms with E-state index in [0.717, 1.165) is 51.2 Å². The van der Waals surface area contributed by atoms with Gasteiger partial charge in [-0.15, -0.1) is 11.3 Å². The average Bonchev–Trinajstić information content (AvgIpc) is 3.72. The Labute approximate surface area is 376 Å². The fourth-order valence-corrected chi connectivity index (χ4v) is 10.3. The first kappa shape index (κ1) is 37.6. The zero-order valence-electron chi connectivity index (χ0n) is 34.9. The summed E-state index contributed by atoms with van der Waals surface area (Å²) in [5.41, 5.74) is 10.0. The summed E-state index contributed by atoms with van der Waals surface area (Å²) in [5, 5.41) is 9.82. The molecule has 11 aromatic carbocycles. The van der Waals surface area contributed by atoms with Crippen molar-refractivity contribution in [3.05, 3.63) is 249 Å². The van der Waals surface area contributed by atoms with Crippen LogP contribution >= 0.6 is 11.3 Å². The maximum atomic E-state index is 2.40. The molecule has 0 bridgehead atoms. The zero-order chi connectivity index (χ0) is 42.4. The van der Waals surface area contributed by atoms with Crippen LogP contribution in [0.2, 0.25) is 0 Å². The second-order valence-electron chi connectivity index (χ2n) is 16.3. The topological polar surface area (TPSA) is 9.72 Å². The summed E-state index contributed by atoms with van der Waals surface area (Å²) < 4.78 is 2.51. The molecule has 0 aliphatic rings. The molecule has 0 saturated carbocycles. The summed E-state index contributed by atoms with van der Waals surface area (Å²) in [4.78, 5) is 7.10. The van der Waals surface area contributed by atoms with Crippen molar-refractivity contribution in [2.24, 2.45) is 0 Å². The highest BCUT2D eigenvalue weighted by molar-refractivity contribution is 7.25. The summed E-state index contributed by atoms with van der Waals surface area (Å²) in [6.07, 6.45) is 0. The fraction of sp³-hybridized carbons (Fsp3) is 0. The second kappa shape index (κ2) is 15.9. The Morgan fingerprint density at radius 1 is 0.203 bits per heavy atom. The molecule has 12 aromatic rings. The van der Waals surface area contributed by atoms with Gasteiger partial charge in [0.2, 0.25) is 0 Å². The van der Waals surface area contributed by atoms with Crippen molar-refractivity contribution in [2.75, 3.05) is 14.7 Å². The SMILES string of the molecule is c1ccc(N(c2ccc(N(c3ccc4ccccc4c3)c3ccc4sc5cc(N(c6ccccc6)c6ccc7ccccc7c6)ccc5c4c3)cc2)c2ccc3ccccc3c2)cc1. The second-order valence-corrected chi connectivity index (χ2v) is 17.3. The highest BCUT2D eigenvalue weighted by Gasteiger charge is 2.20. The lowest BCUT2D eigenvalue weighted by Crippen LogP contribution is -2.12. The fourth-order valence-electron chi connectivity index (χ4n) is 9.23. The first-order valence-corrected chi connectivity index (χ1v) is 22.6. The lowest BCUT2D eigenvalue weighted by atomic mass is 10.1. The Bertz CT molecular complexity index is 3640. The van der Waals surface area contributed by atoms with Gasteiger partial charge in [-0.05, 0) is 148 Å². The van der Waals surface area contributed by atoms with Crippen LogP contribution in [0.15, 0.2) is 249 Å². The van der Waals surface area contributed by atoms with Gasteiger partial charge in [0.05, 0.1) is 0 Å². The molecular weight excluding hydrogens is 795 g/mol. The number of nitrogens with zero attached hydrogens (tertiary/aromatic N) is 3. The maximum Gasteiger partial charge on any atom is 0.0476 e. The Kier molecular flexibility index (Phi) is 9.36. The average molecular weight is 836 g/mol. The number of para-hydroxylation sites is 2. The van der Waals surface area contributed by atoms with E-state index in [-0.39, 0.29) is 0 Å². The van der Waals surface area contributed by atoms with Crippen LogP contribution in [0, 0.1) is 0 Å². The van der Waals surface area contributed by atoms with Crippen LogP contribution in [0.4, 0.5) is 51.2 Å². The van der Waals surface area contributed by atoms with Crippen LogP contribution in [-0.2, 0) is 0 Å². The maximum absolute atomic E-state index is 2.40. The molecule has 4 heteroatoms. The van der Waals surface area contributed by atoms with Gasteiger partial charge in [-0.2, -0.15) is 0 Å². The molecule has 3 nitrogen and oxygen atoms in total. The molecule has 1 aromatic heterocycles. The van der Waals surface area contributed by atoms with Crippen molar-refractivity contribution in [3.63, 3.8) is 0 Å². The summed E-state index contributed by atoms with van der Waals surface area (Å²) in [7, 11) is 0. The molecule has 0 fully saturated rings. The third-order valence-corrected chi connectivity index (χ3v) is 13.5. The molecule has 0 atom stereocenters. The standard InChI is InChI=1S/C60H41N3S/c1-3-19-48(20-4-1)61(52-26-23-42-13-7-10-16-45(42)37-52)50-29-31-51(32-30-50)63(54-28-25-44-15-9-12-18-47(44)39-54)55-34-36-59-58(40-55)57-35-33-56(41-60(57)64-59)62(49-21-5-2-6-22-49)53-27-24-43-14-8-11-17-46(43)38-53/h1-41H. The van der Waals surface area contributed by atoms with Gasteiger partial charge in [0.25, 0.3) is 0 Å². The predicted molar refractivity (Wildman–Crippen MR) is 276 cm³/mol. The third-order valence-electron chi connectivity index (χ3n) is 12.3. The number of benzene rings is 11. The van der Waals surface area contributed by atoms with Gasteiger partial charge in [0.15, 0.2) is 0 Å². The quantitative estimate of drug-likeness (QED) is 0.143. The van der Waals surface area contributed by atoms with Crippen molar-refractivity contribution < 1.29 is 0 Å². The van der Waals surface area contributed by atoms with Crippen LogP contribution in [-0.4, -0.2) is 0 Å². The van der Waals surface area contributed by atoms with Crippen LogP contribution in [0.3, 0.4) is 0 Å². The van der Waals surface area contributed by atoms with Crippen molar-refractivity contribution >= 4 is 115 Å². The monoisotopic (exact) mass is 835 g/mol. The highest BCUT2D eigenvalue weighted by atomic mass is 32.1. The number of thiophene rings is 1. The molecule has 0 aliphatic carbocycles. The molecule has 0 radical (unpaired) electrons. The number of rotatable bonds is 9. The van der Waals surface area contributed by atoms with Crippen LogP contribution < -0.4 is 14.7 Å². The van der Waals surface area contributed by atoms with E-state index >= 15 is 0 Å². The van der Waals surface area contributed by atoms with Gasteiger partial charge in [-0.25, -0.2) is 0 Å². The van der Waals surface area contributed by atoms with E-state index < -0.39 is 0 Å². The van der Waals surface area contributed by atoms with E-state index in [1.54, 1.807) is 0 Å². The number of anilines is 9. The Morgan fingerprint density at radius 3 is 1.00 bits per heavy atom. The smallest absolute Gasteiger partial charge is 0.0476 e.